The molecule has 0 saturated carbocycles. The SMILES string of the molecule is [2H]c1c([2H])c([2H])c(-c2ccc3c(c2)N(c2cccc4c2oc2c(-n5c6c([2H])c([2H])c([2H])c([2H])c6c6c([2H])c([2H])c([2H])c([2H])c65)cccc24)c2cc(-n4c5ccc(C(C)(C)C)cc5c5cc(C(C)(C)C)ccc54)cc4c2C3c2ccc(-c3cc(C(C)(C)C)cc(C(C)(C)C)c3)cc2N4c2cc(-c3ccccc3)cc(-c3ccccc3)c2)c([2H])c1[2H]. The summed E-state index contributed by atoms with van der Waals surface area (Å²) in [6.45, 7) is 27.1. The molecule has 5 heterocycles. The van der Waals surface area contributed by atoms with E-state index in [2.05, 4.69) is 255 Å². The zero-order chi connectivity index (χ0) is 83.8. The number of fused-ring (bicyclic) bond motifs is 13. The first-order chi connectivity index (χ1) is 56.5. The van der Waals surface area contributed by atoms with Gasteiger partial charge in [-0.05, 0) is 190 Å². The number of anilines is 6. The van der Waals surface area contributed by atoms with Crippen LogP contribution in [0.4, 0.5) is 34.1 Å². The quantitative estimate of drug-likeness (QED) is 0.152. The molecule has 0 saturated heterocycles. The fraction of sp³-hybridized carbons (Fsp3) is 0.168. The maximum Gasteiger partial charge on any atom is 0.159 e. The van der Waals surface area contributed by atoms with Crippen molar-refractivity contribution in [1.29, 1.82) is 0 Å². The number of furan rings is 1. The van der Waals surface area contributed by atoms with E-state index in [0.29, 0.717) is 33.3 Å². The van der Waals surface area contributed by atoms with Crippen molar-refractivity contribution in [3.8, 4) is 55.9 Å². The Bertz CT molecular complexity index is 7000. The number of hydrogen-bond acceptors (Lipinski definition) is 3. The van der Waals surface area contributed by atoms with Crippen LogP contribution in [0.25, 0.3) is 121 Å². The molecule has 2 aliphatic heterocycles. The zero-order valence-corrected chi connectivity index (χ0v) is 61.6. The first kappa shape index (κ1) is 52.1. The summed E-state index contributed by atoms with van der Waals surface area (Å²) in [6.07, 6.45) is 0. The summed E-state index contributed by atoms with van der Waals surface area (Å²) in [4.78, 5) is 4.67. The van der Waals surface area contributed by atoms with Crippen LogP contribution in [0.15, 0.2) is 301 Å². The maximum atomic E-state index is 9.67. The molecule has 0 spiro atoms. The lowest BCUT2D eigenvalue weighted by Crippen LogP contribution is -2.29. The molecule has 2 aliphatic rings. The third-order valence-electron chi connectivity index (χ3n) is 22.0. The summed E-state index contributed by atoms with van der Waals surface area (Å²) < 4.78 is 132. The Morgan fingerprint density at radius 3 is 1.26 bits per heavy atom. The van der Waals surface area contributed by atoms with Gasteiger partial charge in [0.05, 0.1) is 79.7 Å². The Labute approximate surface area is 640 Å². The second kappa shape index (κ2) is 23.8. The molecular weight excluding hydrogens is 1290 g/mol. The highest BCUT2D eigenvalue weighted by molar-refractivity contribution is 6.16. The Morgan fingerprint density at radius 1 is 0.274 bits per heavy atom. The average molecular weight is 1380 g/mol. The number of para-hydroxylation sites is 4. The second-order valence-corrected chi connectivity index (χ2v) is 32.8. The zero-order valence-electron chi connectivity index (χ0n) is 74.6. The third-order valence-corrected chi connectivity index (χ3v) is 22.0. The van der Waals surface area contributed by atoms with Gasteiger partial charge in [0.2, 0.25) is 0 Å². The highest BCUT2D eigenvalue weighted by Gasteiger charge is 2.43. The van der Waals surface area contributed by atoms with Crippen LogP contribution in [0.1, 0.15) is 146 Å². The van der Waals surface area contributed by atoms with Crippen LogP contribution in [0.3, 0.4) is 0 Å². The van der Waals surface area contributed by atoms with E-state index in [0.717, 1.165) is 100 Å². The van der Waals surface area contributed by atoms with Gasteiger partial charge in [-0.2, -0.15) is 0 Å². The van der Waals surface area contributed by atoms with Crippen LogP contribution in [0.2, 0.25) is 0 Å². The Balaban J connectivity index is 0.994. The summed E-state index contributed by atoms with van der Waals surface area (Å²) in [6, 6.07) is 71.2. The van der Waals surface area contributed by atoms with Crippen LogP contribution in [-0.2, 0) is 21.7 Å². The molecule has 5 heteroatoms. The first-order valence-corrected chi connectivity index (χ1v) is 36.6. The largest absolute Gasteiger partial charge is 0.452 e. The third kappa shape index (κ3) is 10.5. The predicted molar refractivity (Wildman–Crippen MR) is 449 cm³/mol. The van der Waals surface area contributed by atoms with Gasteiger partial charge in [0.25, 0.3) is 0 Å². The lowest BCUT2D eigenvalue weighted by Gasteiger charge is -2.45. The standard InChI is InChI=1S/C101H86N4O/c1-98(2,3)70-44-48-86-82(58-70)83-59-71(99(4,5)6)45-49-87(83)102(86)75-60-92-95-93(61-75)105(89-41-27-37-79-78-36-26-40-88(96(78)106-97(79)89)104-84-38-24-22-34-76(84)77-35-23-25-39-85(77)104)91-55-65(62-28-16-13-17-29-62)42-46-81(91)94(95)80-47-43-66(69-51-72(100(7,8)9)57-73(52-69)101(10,11)12)56-90(80)103(92)74-53-67(63-30-18-14-19-31-63)50-68(54-74)64-32-20-15-21-33-64/h13-61,94H,1-12H3/i13D,16D,17D,22D,23D,24D,25D,28D,29D,34D,35D,38D,39D. The van der Waals surface area contributed by atoms with Crippen molar-refractivity contribution in [3.05, 3.63) is 336 Å². The van der Waals surface area contributed by atoms with Gasteiger partial charge in [-0.3, -0.25) is 0 Å². The number of aromatic nitrogens is 2. The number of hydrogen-bond donors (Lipinski definition) is 0. The predicted octanol–water partition coefficient (Wildman–Crippen LogP) is 28.4. The maximum absolute atomic E-state index is 9.67. The minimum absolute atomic E-state index is 0.0155. The molecule has 106 heavy (non-hydrogen) atoms. The fourth-order valence-electron chi connectivity index (χ4n) is 16.4. The topological polar surface area (TPSA) is 29.5 Å². The fourth-order valence-corrected chi connectivity index (χ4v) is 16.4. The number of nitrogens with zero attached hydrogens (tertiary/aromatic N) is 4. The first-order valence-electron chi connectivity index (χ1n) is 43.1. The molecule has 1 unspecified atom stereocenters. The van der Waals surface area contributed by atoms with E-state index < -0.39 is 72.4 Å². The summed E-state index contributed by atoms with van der Waals surface area (Å²) in [5.74, 6) is -0.579. The van der Waals surface area contributed by atoms with Crippen molar-refractivity contribution in [1.82, 2.24) is 9.13 Å². The molecule has 3 aromatic heterocycles. The summed E-state index contributed by atoms with van der Waals surface area (Å²) in [7, 11) is 0. The molecule has 1 atom stereocenters. The van der Waals surface area contributed by atoms with Crippen LogP contribution in [0, 0.1) is 0 Å². The smallest absolute Gasteiger partial charge is 0.159 e. The lowest BCUT2D eigenvalue weighted by atomic mass is 9.74. The van der Waals surface area contributed by atoms with Gasteiger partial charge in [0.15, 0.2) is 11.2 Å². The number of benzene rings is 14. The van der Waals surface area contributed by atoms with E-state index in [1.54, 1.807) is 12.1 Å². The average Bonchev–Trinajstić information content (AvgIpc) is 1.68. The molecule has 0 aliphatic carbocycles. The Hall–Kier alpha value is -11.9. The minimum Gasteiger partial charge on any atom is -0.452 e. The van der Waals surface area contributed by atoms with Crippen molar-refractivity contribution in [2.24, 2.45) is 0 Å². The van der Waals surface area contributed by atoms with Gasteiger partial charge < -0.3 is 23.4 Å². The van der Waals surface area contributed by atoms with Crippen LogP contribution in [-0.4, -0.2) is 9.13 Å². The summed E-state index contributed by atoms with van der Waals surface area (Å²) in [5, 5.41) is 3.22. The van der Waals surface area contributed by atoms with Crippen LogP contribution >= 0.6 is 0 Å². The molecule has 14 aromatic carbocycles. The molecule has 19 rings (SSSR count). The number of rotatable bonds is 8. The van der Waals surface area contributed by atoms with Crippen LogP contribution in [0.5, 0.6) is 0 Å². The van der Waals surface area contributed by atoms with E-state index in [1.807, 2.05) is 48.5 Å². The normalized spacial score (nSPS) is 15.6. The molecule has 0 fully saturated rings. The van der Waals surface area contributed by atoms with E-state index in [-0.39, 0.29) is 72.4 Å². The van der Waals surface area contributed by atoms with Gasteiger partial charge in [0.1, 0.15) is 0 Å². The van der Waals surface area contributed by atoms with Gasteiger partial charge >= 0.3 is 0 Å². The molecule has 0 amide bonds. The van der Waals surface area contributed by atoms with E-state index in [4.69, 9.17) is 11.3 Å². The molecule has 516 valence electrons. The van der Waals surface area contributed by atoms with Crippen LogP contribution < -0.4 is 9.80 Å². The molecule has 0 N–H and O–H groups in total. The second-order valence-electron chi connectivity index (χ2n) is 32.8. The van der Waals surface area contributed by atoms with E-state index in [1.165, 1.54) is 26.8 Å². The molecule has 0 bridgehead atoms. The highest BCUT2D eigenvalue weighted by Crippen LogP contribution is 2.63. The van der Waals surface area contributed by atoms with Crippen molar-refractivity contribution in [2.75, 3.05) is 9.80 Å². The summed E-state index contributed by atoms with van der Waals surface area (Å²) in [5.41, 5.74) is 21.1. The minimum atomic E-state index is -0.579. The Kier molecular flexibility index (Phi) is 11.7. The molecular formula is C101H86N4O. The highest BCUT2D eigenvalue weighted by atomic mass is 16.3. The van der Waals surface area contributed by atoms with E-state index >= 15 is 0 Å². The molecule has 0 radical (unpaired) electrons. The molecule has 17 aromatic rings. The van der Waals surface area contributed by atoms with Gasteiger partial charge in [-0.15, -0.1) is 0 Å². The molecule has 5 nitrogen and oxygen atoms in total. The van der Waals surface area contributed by atoms with Crippen molar-refractivity contribution in [2.45, 2.75) is 111 Å². The van der Waals surface area contributed by atoms with Gasteiger partial charge in [-0.1, -0.05) is 289 Å². The lowest BCUT2D eigenvalue weighted by molar-refractivity contribution is 0.569. The monoisotopic (exact) mass is 1380 g/mol. The van der Waals surface area contributed by atoms with Crippen molar-refractivity contribution < 1.29 is 22.2 Å². The van der Waals surface area contributed by atoms with Crippen molar-refractivity contribution in [3.63, 3.8) is 0 Å². The Morgan fingerprint density at radius 2 is 0.736 bits per heavy atom. The van der Waals surface area contributed by atoms with Crippen molar-refractivity contribution >= 4 is 99.7 Å². The van der Waals surface area contributed by atoms with E-state index in [9.17, 15) is 11.0 Å². The summed E-state index contributed by atoms with van der Waals surface area (Å²) >= 11 is 0. The van der Waals surface area contributed by atoms with Gasteiger partial charge in [0, 0.05) is 49.5 Å². The van der Waals surface area contributed by atoms with Gasteiger partial charge in [-0.25, -0.2) is 0 Å².